The van der Waals surface area contributed by atoms with Gasteiger partial charge in [-0.2, -0.15) is 0 Å². The predicted molar refractivity (Wildman–Crippen MR) is 194 cm³/mol. The van der Waals surface area contributed by atoms with E-state index in [0.29, 0.717) is 5.92 Å². The summed E-state index contributed by atoms with van der Waals surface area (Å²) in [6.45, 7) is 2.32. The van der Waals surface area contributed by atoms with E-state index in [-0.39, 0.29) is 0 Å². The molecule has 1 aliphatic heterocycles. The average molecular weight is 576 g/mol. The molecule has 0 amide bonds. The minimum atomic E-state index is 0.350. The van der Waals surface area contributed by atoms with E-state index in [2.05, 4.69) is 171 Å². The van der Waals surface area contributed by atoms with Gasteiger partial charge >= 0.3 is 0 Å². The number of rotatable bonds is 4. The average Bonchev–Trinajstić information content (AvgIpc) is 3.11. The highest BCUT2D eigenvalue weighted by atomic mass is 14.8. The molecule has 0 radical (unpaired) electrons. The molecular weight excluding hydrogens is 542 g/mol. The molecule has 0 aromatic heterocycles. The summed E-state index contributed by atoms with van der Waals surface area (Å²) in [7, 11) is 0. The zero-order valence-corrected chi connectivity index (χ0v) is 25.3. The Bertz CT molecular complexity index is 2250. The van der Waals surface area contributed by atoms with Crippen molar-refractivity contribution in [1.82, 2.24) is 0 Å². The van der Waals surface area contributed by atoms with E-state index >= 15 is 0 Å². The molecule has 1 atom stereocenters. The second kappa shape index (κ2) is 11.5. The van der Waals surface area contributed by atoms with Crippen molar-refractivity contribution in [2.24, 2.45) is 10.9 Å². The third-order valence-corrected chi connectivity index (χ3v) is 9.14. The SMILES string of the molecule is CC1C/C=C(c2cccc(-c3ccc4c5ccccc5c5ccccc5c4c3)c2)/N=C(c2ccccc2)/C=C\1c1ccccc1. The molecule has 1 unspecified atom stereocenters. The molecule has 0 spiro atoms. The third kappa shape index (κ3) is 5.07. The summed E-state index contributed by atoms with van der Waals surface area (Å²) in [5, 5.41) is 7.77. The predicted octanol–water partition coefficient (Wildman–Crippen LogP) is 11.8. The molecular formula is C44H33N. The topological polar surface area (TPSA) is 12.4 Å². The summed E-state index contributed by atoms with van der Waals surface area (Å²) >= 11 is 0. The number of hydrogen-bond acceptors (Lipinski definition) is 1. The van der Waals surface area contributed by atoms with Gasteiger partial charge in [0.25, 0.3) is 0 Å². The molecule has 1 aliphatic rings. The lowest BCUT2D eigenvalue weighted by molar-refractivity contribution is 0.765. The van der Waals surface area contributed by atoms with Crippen molar-refractivity contribution in [2.45, 2.75) is 13.3 Å². The van der Waals surface area contributed by atoms with E-state index in [4.69, 9.17) is 4.99 Å². The first-order valence-corrected chi connectivity index (χ1v) is 15.8. The van der Waals surface area contributed by atoms with E-state index in [1.807, 2.05) is 0 Å². The van der Waals surface area contributed by atoms with Gasteiger partial charge in [-0.25, -0.2) is 4.99 Å². The van der Waals surface area contributed by atoms with Crippen LogP contribution in [0.3, 0.4) is 0 Å². The van der Waals surface area contributed by atoms with Crippen LogP contribution in [0.4, 0.5) is 0 Å². The number of aliphatic imine (C=N–C) groups is 1. The van der Waals surface area contributed by atoms with Gasteiger partial charge in [-0.1, -0.05) is 153 Å². The Labute approximate surface area is 264 Å². The maximum atomic E-state index is 5.35. The second-order valence-corrected chi connectivity index (χ2v) is 12.0. The molecule has 214 valence electrons. The molecule has 1 nitrogen and oxygen atoms in total. The van der Waals surface area contributed by atoms with E-state index in [9.17, 15) is 0 Å². The fourth-order valence-electron chi connectivity index (χ4n) is 6.80. The molecule has 1 heterocycles. The third-order valence-electron chi connectivity index (χ3n) is 9.14. The number of nitrogens with zero attached hydrogens (tertiary/aromatic N) is 1. The largest absolute Gasteiger partial charge is 0.248 e. The smallest absolute Gasteiger partial charge is 0.0712 e. The van der Waals surface area contributed by atoms with Crippen LogP contribution in [0.25, 0.3) is 54.7 Å². The minimum absolute atomic E-state index is 0.350. The fraction of sp³-hybridized carbons (Fsp3) is 0.0682. The van der Waals surface area contributed by atoms with E-state index < -0.39 is 0 Å². The van der Waals surface area contributed by atoms with Gasteiger partial charge in [-0.05, 0) is 85.1 Å². The van der Waals surface area contributed by atoms with Crippen LogP contribution in [0.15, 0.2) is 169 Å². The van der Waals surface area contributed by atoms with Gasteiger partial charge in [0.1, 0.15) is 0 Å². The highest BCUT2D eigenvalue weighted by Gasteiger charge is 2.17. The highest BCUT2D eigenvalue weighted by molar-refractivity contribution is 6.25. The maximum Gasteiger partial charge on any atom is 0.0712 e. The molecule has 0 saturated heterocycles. The van der Waals surface area contributed by atoms with Crippen molar-refractivity contribution < 1.29 is 0 Å². The summed E-state index contributed by atoms with van der Waals surface area (Å²) in [5.41, 5.74) is 9.23. The van der Waals surface area contributed by atoms with Gasteiger partial charge < -0.3 is 0 Å². The number of hydrogen-bond donors (Lipinski definition) is 0. The molecule has 7 aromatic carbocycles. The summed E-state index contributed by atoms with van der Waals surface area (Å²) in [4.78, 5) is 5.35. The van der Waals surface area contributed by atoms with Crippen LogP contribution in [0, 0.1) is 5.92 Å². The van der Waals surface area contributed by atoms with Crippen molar-refractivity contribution >= 4 is 49.3 Å². The Morgan fingerprint density at radius 1 is 0.444 bits per heavy atom. The van der Waals surface area contributed by atoms with E-state index in [0.717, 1.165) is 29.0 Å². The van der Waals surface area contributed by atoms with Crippen LogP contribution in [0.1, 0.15) is 30.0 Å². The molecule has 0 aliphatic carbocycles. The summed E-state index contributed by atoms with van der Waals surface area (Å²) < 4.78 is 0. The second-order valence-electron chi connectivity index (χ2n) is 12.0. The zero-order chi connectivity index (χ0) is 30.2. The molecule has 45 heavy (non-hydrogen) atoms. The van der Waals surface area contributed by atoms with Gasteiger partial charge in [-0.15, -0.1) is 0 Å². The van der Waals surface area contributed by atoms with Crippen LogP contribution >= 0.6 is 0 Å². The van der Waals surface area contributed by atoms with Crippen LogP contribution in [-0.4, -0.2) is 5.71 Å². The van der Waals surface area contributed by atoms with Crippen molar-refractivity contribution in [3.05, 3.63) is 181 Å². The zero-order valence-electron chi connectivity index (χ0n) is 25.3. The van der Waals surface area contributed by atoms with Gasteiger partial charge in [0.15, 0.2) is 0 Å². The van der Waals surface area contributed by atoms with Crippen molar-refractivity contribution in [2.75, 3.05) is 0 Å². The first kappa shape index (κ1) is 27.0. The highest BCUT2D eigenvalue weighted by Crippen LogP contribution is 2.38. The maximum absolute atomic E-state index is 5.35. The lowest BCUT2D eigenvalue weighted by Gasteiger charge is -2.19. The number of allylic oxidation sites excluding steroid dienone is 3. The normalized spacial score (nSPS) is 18.8. The lowest BCUT2D eigenvalue weighted by atomic mass is 9.87. The van der Waals surface area contributed by atoms with Crippen LogP contribution < -0.4 is 0 Å². The van der Waals surface area contributed by atoms with Crippen LogP contribution in [-0.2, 0) is 0 Å². The van der Waals surface area contributed by atoms with Crippen LogP contribution in [0.5, 0.6) is 0 Å². The minimum Gasteiger partial charge on any atom is -0.248 e. The Morgan fingerprint density at radius 3 is 1.62 bits per heavy atom. The van der Waals surface area contributed by atoms with Gasteiger partial charge in [0.2, 0.25) is 0 Å². The van der Waals surface area contributed by atoms with Crippen molar-refractivity contribution in [3.8, 4) is 11.1 Å². The molecule has 0 bridgehead atoms. The van der Waals surface area contributed by atoms with Crippen molar-refractivity contribution in [1.29, 1.82) is 0 Å². The molecule has 0 saturated carbocycles. The van der Waals surface area contributed by atoms with Gasteiger partial charge in [0.05, 0.1) is 11.4 Å². The number of benzene rings is 7. The Morgan fingerprint density at radius 2 is 0.956 bits per heavy atom. The first-order chi connectivity index (χ1) is 22.2. The summed E-state index contributed by atoms with van der Waals surface area (Å²) in [6, 6.07) is 54.6. The van der Waals surface area contributed by atoms with E-state index in [1.54, 1.807) is 0 Å². The standard InChI is InChI=1S/C44H33N/c1-30-23-26-43(45-44(32-15-6-3-7-16-32)29-41(30)31-13-4-2-5-14-31)35-18-12-17-33(27-35)34-24-25-40-38-21-9-8-19-36(38)37-20-10-11-22-39(37)42(40)28-34/h2-22,24-30H,23H2,1H3/b41-29+,43-26+,45-44-. The lowest BCUT2D eigenvalue weighted by Crippen LogP contribution is -2.07. The van der Waals surface area contributed by atoms with E-state index in [1.165, 1.54) is 54.6 Å². The molecule has 0 N–H and O–H groups in total. The summed E-state index contributed by atoms with van der Waals surface area (Å²) in [5.74, 6) is 0.350. The van der Waals surface area contributed by atoms with Crippen molar-refractivity contribution in [3.63, 3.8) is 0 Å². The van der Waals surface area contributed by atoms with Crippen LogP contribution in [0.2, 0.25) is 0 Å². The van der Waals surface area contributed by atoms with Gasteiger partial charge in [0, 0.05) is 11.1 Å². The summed E-state index contributed by atoms with van der Waals surface area (Å²) in [6.07, 6.45) is 5.54. The van der Waals surface area contributed by atoms with Gasteiger partial charge in [-0.3, -0.25) is 0 Å². The Balaban J connectivity index is 1.25. The fourth-order valence-corrected chi connectivity index (χ4v) is 6.80. The first-order valence-electron chi connectivity index (χ1n) is 15.8. The molecule has 0 fully saturated rings. The monoisotopic (exact) mass is 575 g/mol. The quantitative estimate of drug-likeness (QED) is 0.185. The Kier molecular flexibility index (Phi) is 6.93. The molecule has 8 rings (SSSR count). The molecule has 1 heteroatoms. The molecule has 7 aromatic rings. The number of fused-ring (bicyclic) bond motifs is 6. The Hall–Kier alpha value is -5.53.